The Kier molecular flexibility index (Phi) is 3.52. The van der Waals surface area contributed by atoms with Crippen LogP contribution in [0.25, 0.3) is 21.7 Å². The molecule has 4 rings (SSSR count). The maximum absolute atomic E-state index is 12.8. The molecular formula is C18H17N3OS. The molecule has 0 aliphatic heterocycles. The molecule has 4 aromatic rings. The average Bonchev–Trinajstić information content (AvgIpc) is 3.20. The van der Waals surface area contributed by atoms with Crippen molar-refractivity contribution in [1.82, 2.24) is 9.13 Å². The van der Waals surface area contributed by atoms with E-state index in [0.717, 1.165) is 28.2 Å². The van der Waals surface area contributed by atoms with E-state index in [1.807, 2.05) is 42.0 Å². The van der Waals surface area contributed by atoms with Crippen molar-refractivity contribution in [3.63, 3.8) is 0 Å². The SMILES string of the molecule is NCCn1ccc2ccc3c(=O)n(Cc4cccs4)ccc3c21. The van der Waals surface area contributed by atoms with Crippen LogP contribution in [-0.2, 0) is 13.1 Å². The van der Waals surface area contributed by atoms with Crippen LogP contribution in [0.2, 0.25) is 0 Å². The van der Waals surface area contributed by atoms with E-state index in [0.29, 0.717) is 13.1 Å². The highest BCUT2D eigenvalue weighted by molar-refractivity contribution is 7.09. The third-order valence-electron chi connectivity index (χ3n) is 4.16. The molecule has 0 atom stereocenters. The maximum Gasteiger partial charge on any atom is 0.258 e. The molecule has 0 saturated heterocycles. The lowest BCUT2D eigenvalue weighted by Gasteiger charge is -2.09. The summed E-state index contributed by atoms with van der Waals surface area (Å²) in [6.07, 6.45) is 3.93. The number of nitrogens with two attached hydrogens (primary N) is 1. The third-order valence-corrected chi connectivity index (χ3v) is 5.02. The van der Waals surface area contributed by atoms with Crippen LogP contribution in [0, 0.1) is 0 Å². The molecule has 0 aliphatic carbocycles. The lowest BCUT2D eigenvalue weighted by molar-refractivity contribution is 0.736. The molecule has 3 aromatic heterocycles. The van der Waals surface area contributed by atoms with Crippen molar-refractivity contribution < 1.29 is 0 Å². The Balaban J connectivity index is 1.92. The fourth-order valence-corrected chi connectivity index (χ4v) is 3.79. The van der Waals surface area contributed by atoms with Gasteiger partial charge in [-0.2, -0.15) is 0 Å². The normalized spacial score (nSPS) is 11.5. The second kappa shape index (κ2) is 5.68. The summed E-state index contributed by atoms with van der Waals surface area (Å²) >= 11 is 1.67. The molecule has 0 radical (unpaired) electrons. The zero-order chi connectivity index (χ0) is 15.8. The van der Waals surface area contributed by atoms with Crippen LogP contribution in [-0.4, -0.2) is 15.7 Å². The third kappa shape index (κ3) is 2.38. The van der Waals surface area contributed by atoms with Gasteiger partial charge < -0.3 is 14.9 Å². The van der Waals surface area contributed by atoms with Gasteiger partial charge in [0, 0.05) is 46.5 Å². The first kappa shape index (κ1) is 14.2. The average molecular weight is 323 g/mol. The molecule has 0 unspecified atom stereocenters. The molecule has 0 saturated carbocycles. The van der Waals surface area contributed by atoms with Crippen LogP contribution in [0.15, 0.2) is 59.0 Å². The first-order chi connectivity index (χ1) is 11.3. The summed E-state index contributed by atoms with van der Waals surface area (Å²) < 4.78 is 3.90. The van der Waals surface area contributed by atoms with Gasteiger partial charge in [-0.1, -0.05) is 12.1 Å². The molecule has 2 N–H and O–H groups in total. The number of hydrogen-bond donors (Lipinski definition) is 1. The minimum Gasteiger partial charge on any atom is -0.346 e. The van der Waals surface area contributed by atoms with E-state index in [4.69, 9.17) is 5.73 Å². The summed E-state index contributed by atoms with van der Waals surface area (Å²) in [7, 11) is 0. The highest BCUT2D eigenvalue weighted by atomic mass is 32.1. The fourth-order valence-electron chi connectivity index (χ4n) is 3.09. The van der Waals surface area contributed by atoms with Crippen LogP contribution >= 0.6 is 11.3 Å². The Hall–Kier alpha value is -2.37. The van der Waals surface area contributed by atoms with Crippen LogP contribution < -0.4 is 11.3 Å². The molecule has 0 fully saturated rings. The number of benzene rings is 1. The molecule has 3 heterocycles. The Labute approximate surface area is 137 Å². The second-order valence-corrected chi connectivity index (χ2v) is 6.62. The van der Waals surface area contributed by atoms with Crippen molar-refractivity contribution >= 4 is 33.0 Å². The number of rotatable bonds is 4. The van der Waals surface area contributed by atoms with Gasteiger partial charge in [0.05, 0.1) is 12.1 Å². The van der Waals surface area contributed by atoms with Crippen molar-refractivity contribution in [3.05, 3.63) is 69.4 Å². The second-order valence-electron chi connectivity index (χ2n) is 5.59. The Morgan fingerprint density at radius 2 is 1.87 bits per heavy atom. The molecule has 23 heavy (non-hydrogen) atoms. The summed E-state index contributed by atoms with van der Waals surface area (Å²) in [4.78, 5) is 14.0. The van der Waals surface area contributed by atoms with Crippen LogP contribution in [0.4, 0.5) is 0 Å². The molecule has 5 heteroatoms. The number of thiophene rings is 1. The molecular weight excluding hydrogens is 306 g/mol. The highest BCUT2D eigenvalue weighted by Gasteiger charge is 2.10. The van der Waals surface area contributed by atoms with Gasteiger partial charge in [0.1, 0.15) is 0 Å². The Morgan fingerprint density at radius 1 is 1.00 bits per heavy atom. The van der Waals surface area contributed by atoms with Crippen LogP contribution in [0.5, 0.6) is 0 Å². The number of fused-ring (bicyclic) bond motifs is 3. The van der Waals surface area contributed by atoms with Crippen molar-refractivity contribution in [2.45, 2.75) is 13.1 Å². The van der Waals surface area contributed by atoms with Crippen LogP contribution in [0.1, 0.15) is 4.88 Å². The van der Waals surface area contributed by atoms with Crippen molar-refractivity contribution in [2.24, 2.45) is 5.73 Å². The number of hydrogen-bond acceptors (Lipinski definition) is 3. The fraction of sp³-hybridized carbons (Fsp3) is 0.167. The highest BCUT2D eigenvalue weighted by Crippen LogP contribution is 2.24. The number of pyridine rings is 1. The van der Waals surface area contributed by atoms with Crippen LogP contribution in [0.3, 0.4) is 0 Å². The lowest BCUT2D eigenvalue weighted by Crippen LogP contribution is -2.19. The van der Waals surface area contributed by atoms with Gasteiger partial charge in [-0.25, -0.2) is 0 Å². The first-order valence-corrected chi connectivity index (χ1v) is 8.49. The molecule has 0 amide bonds. The van der Waals surface area contributed by atoms with E-state index in [2.05, 4.69) is 16.7 Å². The first-order valence-electron chi connectivity index (χ1n) is 7.61. The summed E-state index contributed by atoms with van der Waals surface area (Å²) in [5, 5.41) is 4.92. The summed E-state index contributed by atoms with van der Waals surface area (Å²) in [6.45, 7) is 1.95. The Bertz CT molecular complexity index is 1030. The van der Waals surface area contributed by atoms with E-state index in [-0.39, 0.29) is 5.56 Å². The number of nitrogens with zero attached hydrogens (tertiary/aromatic N) is 2. The predicted octanol–water partition coefficient (Wildman–Crippen LogP) is 3.02. The van der Waals surface area contributed by atoms with Gasteiger partial charge in [0.25, 0.3) is 5.56 Å². The molecule has 1 aromatic carbocycles. The van der Waals surface area contributed by atoms with Crippen molar-refractivity contribution in [2.75, 3.05) is 6.54 Å². The monoisotopic (exact) mass is 323 g/mol. The van der Waals surface area contributed by atoms with Gasteiger partial charge in [0.15, 0.2) is 0 Å². The van der Waals surface area contributed by atoms with E-state index in [1.54, 1.807) is 15.9 Å². The van der Waals surface area contributed by atoms with Gasteiger partial charge in [-0.15, -0.1) is 11.3 Å². The summed E-state index contributed by atoms with van der Waals surface area (Å²) in [5.74, 6) is 0. The Morgan fingerprint density at radius 3 is 2.65 bits per heavy atom. The van der Waals surface area contributed by atoms with Gasteiger partial charge >= 0.3 is 0 Å². The lowest BCUT2D eigenvalue weighted by atomic mass is 10.1. The van der Waals surface area contributed by atoms with Gasteiger partial charge in [-0.05, 0) is 29.6 Å². The summed E-state index contributed by atoms with van der Waals surface area (Å²) in [6, 6.07) is 12.1. The van der Waals surface area contributed by atoms with E-state index in [1.165, 1.54) is 4.88 Å². The molecule has 4 nitrogen and oxygen atoms in total. The predicted molar refractivity (Wildman–Crippen MR) is 96.2 cm³/mol. The van der Waals surface area contributed by atoms with Gasteiger partial charge in [0.2, 0.25) is 0 Å². The smallest absolute Gasteiger partial charge is 0.258 e. The topological polar surface area (TPSA) is 52.9 Å². The van der Waals surface area contributed by atoms with E-state index < -0.39 is 0 Å². The zero-order valence-electron chi connectivity index (χ0n) is 12.6. The minimum absolute atomic E-state index is 0.0540. The molecule has 116 valence electrons. The van der Waals surface area contributed by atoms with Crippen molar-refractivity contribution in [3.8, 4) is 0 Å². The summed E-state index contributed by atoms with van der Waals surface area (Å²) in [5.41, 5.74) is 6.84. The maximum atomic E-state index is 12.8. The standard InChI is InChI=1S/C18H17N3OS/c19-7-10-20-8-5-13-3-4-16-15(17(13)20)6-9-21(18(16)22)12-14-2-1-11-23-14/h1-6,8-9,11H,7,10,12,19H2. The largest absolute Gasteiger partial charge is 0.346 e. The molecule has 0 bridgehead atoms. The van der Waals surface area contributed by atoms with Crippen molar-refractivity contribution in [1.29, 1.82) is 0 Å². The molecule has 0 spiro atoms. The van der Waals surface area contributed by atoms with Gasteiger partial charge in [-0.3, -0.25) is 4.79 Å². The molecule has 0 aliphatic rings. The number of aromatic nitrogens is 2. The van der Waals surface area contributed by atoms with E-state index in [9.17, 15) is 4.79 Å². The zero-order valence-corrected chi connectivity index (χ0v) is 13.4. The minimum atomic E-state index is 0.0540. The quantitative estimate of drug-likeness (QED) is 0.627. The van der Waals surface area contributed by atoms with E-state index >= 15 is 0 Å².